The Bertz CT molecular complexity index is 690. The first-order valence-corrected chi connectivity index (χ1v) is 7.86. The van der Waals surface area contributed by atoms with Crippen molar-refractivity contribution in [2.45, 2.75) is 12.8 Å². The van der Waals surface area contributed by atoms with Crippen molar-refractivity contribution in [2.75, 3.05) is 11.9 Å². The third-order valence-corrected chi connectivity index (χ3v) is 3.65. The molecular weight excluding hydrogens is 335 g/mol. The van der Waals surface area contributed by atoms with Crippen LogP contribution in [0.5, 0.6) is 0 Å². The number of benzene rings is 2. The molecule has 23 heavy (non-hydrogen) atoms. The topological polar surface area (TPSA) is 58.2 Å². The van der Waals surface area contributed by atoms with E-state index in [4.69, 9.17) is 23.2 Å². The molecule has 2 rings (SSSR count). The normalized spacial score (nSPS) is 10.2. The molecule has 0 saturated carbocycles. The minimum atomic E-state index is -0.425. The van der Waals surface area contributed by atoms with E-state index in [-0.39, 0.29) is 12.3 Å². The lowest BCUT2D eigenvalue weighted by Crippen LogP contribution is -2.29. The SMILES string of the molecule is O=C(CC(=O)Nc1ccc(Cl)cc1Cl)NCCc1ccccc1. The van der Waals surface area contributed by atoms with E-state index in [0.29, 0.717) is 22.3 Å². The van der Waals surface area contributed by atoms with Crippen molar-refractivity contribution in [3.8, 4) is 0 Å². The highest BCUT2D eigenvalue weighted by Gasteiger charge is 2.11. The van der Waals surface area contributed by atoms with Crippen molar-refractivity contribution in [1.82, 2.24) is 5.32 Å². The van der Waals surface area contributed by atoms with Gasteiger partial charge in [-0.05, 0) is 30.2 Å². The first-order chi connectivity index (χ1) is 11.0. The molecule has 4 nitrogen and oxygen atoms in total. The predicted molar refractivity (Wildman–Crippen MR) is 92.9 cm³/mol. The standard InChI is InChI=1S/C17H16Cl2N2O2/c18-13-6-7-15(14(19)10-13)21-17(23)11-16(22)20-9-8-12-4-2-1-3-5-12/h1-7,10H,8-9,11H2,(H,20,22)(H,21,23). The number of carbonyl (C=O) groups is 2. The molecule has 2 aromatic carbocycles. The second-order valence-corrected chi connectivity index (χ2v) is 5.78. The summed E-state index contributed by atoms with van der Waals surface area (Å²) in [6, 6.07) is 14.5. The fourth-order valence-corrected chi connectivity index (χ4v) is 2.44. The van der Waals surface area contributed by atoms with Crippen LogP contribution in [0.4, 0.5) is 5.69 Å². The van der Waals surface area contributed by atoms with E-state index in [1.807, 2.05) is 30.3 Å². The Labute approximate surface area is 144 Å². The second-order valence-electron chi connectivity index (χ2n) is 4.93. The molecule has 6 heteroatoms. The van der Waals surface area contributed by atoms with Crippen LogP contribution in [0.3, 0.4) is 0 Å². The van der Waals surface area contributed by atoms with E-state index in [9.17, 15) is 9.59 Å². The summed E-state index contributed by atoms with van der Waals surface area (Å²) >= 11 is 11.7. The van der Waals surface area contributed by atoms with Gasteiger partial charge < -0.3 is 10.6 Å². The van der Waals surface area contributed by atoms with Gasteiger partial charge in [0.2, 0.25) is 11.8 Å². The Morgan fingerprint density at radius 2 is 1.70 bits per heavy atom. The van der Waals surface area contributed by atoms with Gasteiger partial charge in [-0.15, -0.1) is 0 Å². The number of halogens is 2. The van der Waals surface area contributed by atoms with Crippen LogP contribution in [-0.4, -0.2) is 18.4 Å². The highest BCUT2D eigenvalue weighted by atomic mass is 35.5. The fraction of sp³-hybridized carbons (Fsp3) is 0.176. The maximum Gasteiger partial charge on any atom is 0.233 e. The molecule has 0 unspecified atom stereocenters. The Balaban J connectivity index is 1.75. The van der Waals surface area contributed by atoms with Gasteiger partial charge in [-0.1, -0.05) is 53.5 Å². The molecule has 0 radical (unpaired) electrons. The molecule has 0 heterocycles. The number of carbonyl (C=O) groups excluding carboxylic acids is 2. The molecule has 0 spiro atoms. The molecule has 0 aliphatic rings. The molecule has 0 fully saturated rings. The van der Waals surface area contributed by atoms with Crippen LogP contribution in [0.25, 0.3) is 0 Å². The Kier molecular flexibility index (Phi) is 6.44. The number of anilines is 1. The van der Waals surface area contributed by atoms with Crippen molar-refractivity contribution in [3.63, 3.8) is 0 Å². The van der Waals surface area contributed by atoms with E-state index in [0.717, 1.165) is 12.0 Å². The van der Waals surface area contributed by atoms with Gasteiger partial charge in [0.1, 0.15) is 6.42 Å². The largest absolute Gasteiger partial charge is 0.355 e. The minimum Gasteiger partial charge on any atom is -0.355 e. The Morgan fingerprint density at radius 3 is 2.39 bits per heavy atom. The van der Waals surface area contributed by atoms with E-state index >= 15 is 0 Å². The van der Waals surface area contributed by atoms with E-state index in [1.165, 1.54) is 6.07 Å². The van der Waals surface area contributed by atoms with Gasteiger partial charge in [0.05, 0.1) is 10.7 Å². The lowest BCUT2D eigenvalue weighted by Gasteiger charge is -2.08. The second kappa shape index (κ2) is 8.56. The molecule has 0 aliphatic heterocycles. The van der Waals surface area contributed by atoms with E-state index < -0.39 is 5.91 Å². The van der Waals surface area contributed by atoms with Gasteiger partial charge in [-0.3, -0.25) is 9.59 Å². The molecule has 0 atom stereocenters. The summed E-state index contributed by atoms with van der Waals surface area (Å²) in [7, 11) is 0. The molecule has 2 N–H and O–H groups in total. The monoisotopic (exact) mass is 350 g/mol. The number of hydrogen-bond acceptors (Lipinski definition) is 2. The van der Waals surface area contributed by atoms with Crippen LogP contribution in [0.2, 0.25) is 10.0 Å². The molecule has 0 aromatic heterocycles. The van der Waals surface area contributed by atoms with Gasteiger partial charge >= 0.3 is 0 Å². The van der Waals surface area contributed by atoms with Crippen LogP contribution in [0, 0.1) is 0 Å². The quantitative estimate of drug-likeness (QED) is 0.780. The van der Waals surface area contributed by atoms with Gasteiger partial charge in [-0.25, -0.2) is 0 Å². The smallest absolute Gasteiger partial charge is 0.233 e. The number of nitrogens with one attached hydrogen (secondary N) is 2. The maximum atomic E-state index is 11.8. The van der Waals surface area contributed by atoms with Crippen LogP contribution >= 0.6 is 23.2 Å². The van der Waals surface area contributed by atoms with Gasteiger partial charge in [0.15, 0.2) is 0 Å². The highest BCUT2D eigenvalue weighted by Crippen LogP contribution is 2.25. The van der Waals surface area contributed by atoms with Crippen molar-refractivity contribution in [1.29, 1.82) is 0 Å². The first kappa shape index (κ1) is 17.3. The maximum absolute atomic E-state index is 11.8. The van der Waals surface area contributed by atoms with E-state index in [1.54, 1.807) is 12.1 Å². The molecule has 2 amide bonds. The Morgan fingerprint density at radius 1 is 0.957 bits per heavy atom. The molecule has 2 aromatic rings. The lowest BCUT2D eigenvalue weighted by molar-refractivity contribution is -0.126. The molecule has 0 saturated heterocycles. The van der Waals surface area contributed by atoms with Gasteiger partial charge in [0, 0.05) is 11.6 Å². The zero-order chi connectivity index (χ0) is 16.7. The third kappa shape index (κ3) is 5.93. The average Bonchev–Trinajstić information content (AvgIpc) is 2.51. The average molecular weight is 351 g/mol. The summed E-state index contributed by atoms with van der Waals surface area (Å²) in [6.07, 6.45) is 0.463. The number of rotatable bonds is 6. The molecule has 0 aliphatic carbocycles. The van der Waals surface area contributed by atoms with Crippen LogP contribution in [0.1, 0.15) is 12.0 Å². The summed E-state index contributed by atoms with van der Waals surface area (Å²) in [5.41, 5.74) is 1.56. The molecule has 0 bridgehead atoms. The zero-order valence-corrected chi connectivity index (χ0v) is 13.8. The summed E-state index contributed by atoms with van der Waals surface area (Å²) in [4.78, 5) is 23.6. The van der Waals surface area contributed by atoms with E-state index in [2.05, 4.69) is 10.6 Å². The van der Waals surface area contributed by atoms with Crippen molar-refractivity contribution in [3.05, 3.63) is 64.1 Å². The van der Waals surface area contributed by atoms with Gasteiger partial charge in [0.25, 0.3) is 0 Å². The van der Waals surface area contributed by atoms with Crippen molar-refractivity contribution < 1.29 is 9.59 Å². The fourth-order valence-electron chi connectivity index (χ4n) is 1.98. The van der Waals surface area contributed by atoms with Crippen LogP contribution in [0.15, 0.2) is 48.5 Å². The summed E-state index contributed by atoms with van der Waals surface area (Å²) in [5, 5.41) is 6.11. The van der Waals surface area contributed by atoms with Gasteiger partial charge in [-0.2, -0.15) is 0 Å². The highest BCUT2D eigenvalue weighted by molar-refractivity contribution is 6.36. The molecular formula is C17H16Cl2N2O2. The predicted octanol–water partition coefficient (Wildman–Crippen LogP) is 3.68. The van der Waals surface area contributed by atoms with Crippen molar-refractivity contribution >= 4 is 40.7 Å². The first-order valence-electron chi connectivity index (χ1n) is 7.10. The molecule has 120 valence electrons. The number of hydrogen-bond donors (Lipinski definition) is 2. The summed E-state index contributed by atoms with van der Waals surface area (Å²) in [6.45, 7) is 0.484. The third-order valence-electron chi connectivity index (χ3n) is 3.11. The lowest BCUT2D eigenvalue weighted by atomic mass is 10.1. The minimum absolute atomic E-state index is 0.256. The summed E-state index contributed by atoms with van der Waals surface area (Å²) < 4.78 is 0. The van der Waals surface area contributed by atoms with Crippen molar-refractivity contribution in [2.24, 2.45) is 0 Å². The number of amides is 2. The van der Waals surface area contributed by atoms with Crippen LogP contribution in [-0.2, 0) is 16.0 Å². The zero-order valence-electron chi connectivity index (χ0n) is 12.3. The Hall–Kier alpha value is -2.04. The van der Waals surface area contributed by atoms with Crippen LogP contribution < -0.4 is 10.6 Å². The summed E-state index contributed by atoms with van der Waals surface area (Å²) in [5.74, 6) is -0.755.